The Kier molecular flexibility index (Phi) is 2.06. The Balaban J connectivity index is 2.84. The van der Waals surface area contributed by atoms with Gasteiger partial charge in [-0.2, -0.15) is 0 Å². The van der Waals surface area contributed by atoms with E-state index in [1.165, 1.54) is 0 Å². The molecule has 0 aliphatic heterocycles. The minimum Gasteiger partial charge on any atom is -0.322 e. The van der Waals surface area contributed by atoms with Gasteiger partial charge in [0.15, 0.2) is 0 Å². The van der Waals surface area contributed by atoms with E-state index in [0.717, 1.165) is 0 Å². The van der Waals surface area contributed by atoms with E-state index >= 15 is 0 Å². The van der Waals surface area contributed by atoms with Crippen molar-refractivity contribution in [3.63, 3.8) is 0 Å². The zero-order valence-electron chi connectivity index (χ0n) is 5.22. The highest BCUT2D eigenvalue weighted by atomic mass is 35.5. The van der Waals surface area contributed by atoms with Crippen LogP contribution < -0.4 is 11.5 Å². The fraction of sp³-hybridized carbons (Fsp3) is 0.333. The lowest BCUT2D eigenvalue weighted by Crippen LogP contribution is -2.49. The van der Waals surface area contributed by atoms with Gasteiger partial charge in [-0.3, -0.25) is 0 Å². The van der Waals surface area contributed by atoms with Gasteiger partial charge in [-0.25, -0.2) is 0 Å². The highest BCUT2D eigenvalue weighted by Crippen LogP contribution is 2.22. The molecule has 2 nitrogen and oxygen atoms in total. The molecule has 0 saturated heterocycles. The maximum absolute atomic E-state index is 5.75. The van der Waals surface area contributed by atoms with Crippen LogP contribution in [0.5, 0.6) is 0 Å². The van der Waals surface area contributed by atoms with Gasteiger partial charge in [-0.1, -0.05) is 23.2 Å². The molecule has 0 fully saturated rings. The Morgan fingerprint density at radius 2 is 2.20 bits per heavy atom. The van der Waals surface area contributed by atoms with Crippen LogP contribution in [0.4, 0.5) is 0 Å². The van der Waals surface area contributed by atoms with Crippen LogP contribution in [0.15, 0.2) is 23.3 Å². The first-order valence-electron chi connectivity index (χ1n) is 2.82. The summed E-state index contributed by atoms with van der Waals surface area (Å²) in [6.07, 6.45) is 4.84. The minimum absolute atomic E-state index is 0.410. The second kappa shape index (κ2) is 2.55. The Hall–Kier alpha value is -0.0200. The molecule has 56 valence electrons. The standard InChI is InChI=1S/C6H8Cl2N2/c7-4-1-2-6(8,10)5(9)3-4/h1-3,5H,9-10H2. The van der Waals surface area contributed by atoms with E-state index < -0.39 is 11.0 Å². The summed E-state index contributed by atoms with van der Waals surface area (Å²) in [6.45, 7) is 0. The molecule has 0 aromatic rings. The molecular weight excluding hydrogens is 171 g/mol. The summed E-state index contributed by atoms with van der Waals surface area (Å²) < 4.78 is 0. The summed E-state index contributed by atoms with van der Waals surface area (Å²) in [5, 5.41) is 0.578. The average molecular weight is 179 g/mol. The van der Waals surface area contributed by atoms with E-state index in [9.17, 15) is 0 Å². The second-order valence-corrected chi connectivity index (χ2v) is 3.33. The van der Waals surface area contributed by atoms with Crippen molar-refractivity contribution >= 4 is 23.2 Å². The minimum atomic E-state index is -0.974. The molecule has 0 aromatic heterocycles. The number of nitrogens with two attached hydrogens (primary N) is 2. The summed E-state index contributed by atoms with van der Waals surface area (Å²) in [6, 6.07) is -0.410. The number of rotatable bonds is 0. The largest absolute Gasteiger partial charge is 0.322 e. The average Bonchev–Trinajstić information content (AvgIpc) is 1.81. The van der Waals surface area contributed by atoms with Crippen molar-refractivity contribution in [2.24, 2.45) is 11.5 Å². The monoisotopic (exact) mass is 178 g/mol. The van der Waals surface area contributed by atoms with Crippen molar-refractivity contribution in [3.8, 4) is 0 Å². The molecule has 2 atom stereocenters. The SMILES string of the molecule is NC1C=C(Cl)C=CC1(N)Cl. The van der Waals surface area contributed by atoms with Crippen molar-refractivity contribution < 1.29 is 0 Å². The zero-order chi connectivity index (χ0) is 7.78. The van der Waals surface area contributed by atoms with Crippen LogP contribution in [0.3, 0.4) is 0 Å². The fourth-order valence-electron chi connectivity index (χ4n) is 0.673. The van der Waals surface area contributed by atoms with E-state index in [2.05, 4.69) is 0 Å². The third-order valence-electron chi connectivity index (χ3n) is 1.35. The van der Waals surface area contributed by atoms with Crippen LogP contribution in [0, 0.1) is 0 Å². The van der Waals surface area contributed by atoms with Gasteiger partial charge in [0.25, 0.3) is 0 Å². The first-order chi connectivity index (χ1) is 4.52. The first kappa shape index (κ1) is 8.08. The van der Waals surface area contributed by atoms with Crippen molar-refractivity contribution in [3.05, 3.63) is 23.3 Å². The predicted molar refractivity (Wildman–Crippen MR) is 43.8 cm³/mol. The quantitative estimate of drug-likeness (QED) is 0.428. The summed E-state index contributed by atoms with van der Waals surface area (Å²) in [5.74, 6) is 0. The molecule has 0 radical (unpaired) electrons. The number of hydrogen-bond acceptors (Lipinski definition) is 2. The van der Waals surface area contributed by atoms with Crippen LogP contribution >= 0.6 is 23.2 Å². The second-order valence-electron chi connectivity index (χ2n) is 2.24. The molecular formula is C6H8Cl2N2. The van der Waals surface area contributed by atoms with Gasteiger partial charge in [0.1, 0.15) is 5.00 Å². The molecule has 0 spiro atoms. The topological polar surface area (TPSA) is 52.0 Å². The number of allylic oxidation sites excluding steroid dienone is 2. The molecule has 1 aliphatic rings. The van der Waals surface area contributed by atoms with E-state index in [1.807, 2.05) is 0 Å². The summed E-state index contributed by atoms with van der Waals surface area (Å²) >= 11 is 11.4. The van der Waals surface area contributed by atoms with E-state index in [-0.39, 0.29) is 0 Å². The van der Waals surface area contributed by atoms with Gasteiger partial charge in [0.05, 0.1) is 6.04 Å². The third kappa shape index (κ3) is 1.52. The molecule has 4 N–H and O–H groups in total. The Bertz CT molecular complexity index is 196. The van der Waals surface area contributed by atoms with Crippen molar-refractivity contribution in [1.29, 1.82) is 0 Å². The van der Waals surface area contributed by atoms with E-state index in [0.29, 0.717) is 5.03 Å². The van der Waals surface area contributed by atoms with Gasteiger partial charge in [0.2, 0.25) is 0 Å². The highest BCUT2D eigenvalue weighted by molar-refractivity contribution is 6.32. The highest BCUT2D eigenvalue weighted by Gasteiger charge is 2.27. The Morgan fingerprint density at radius 1 is 1.60 bits per heavy atom. The van der Waals surface area contributed by atoms with Crippen LogP contribution in [0.25, 0.3) is 0 Å². The van der Waals surface area contributed by atoms with Crippen molar-refractivity contribution in [2.45, 2.75) is 11.0 Å². The van der Waals surface area contributed by atoms with Crippen molar-refractivity contribution in [2.75, 3.05) is 0 Å². The van der Waals surface area contributed by atoms with E-state index in [4.69, 9.17) is 34.7 Å². The lowest BCUT2D eigenvalue weighted by molar-refractivity contribution is 0.634. The molecule has 1 aliphatic carbocycles. The molecule has 0 aromatic carbocycles. The molecule has 4 heteroatoms. The van der Waals surface area contributed by atoms with Crippen LogP contribution in [0.1, 0.15) is 0 Å². The Labute approximate surface area is 69.5 Å². The van der Waals surface area contributed by atoms with Gasteiger partial charge >= 0.3 is 0 Å². The Morgan fingerprint density at radius 3 is 2.60 bits per heavy atom. The number of hydrogen-bond donors (Lipinski definition) is 2. The summed E-state index contributed by atoms with van der Waals surface area (Å²) in [7, 11) is 0. The number of alkyl halides is 1. The van der Waals surface area contributed by atoms with Crippen LogP contribution in [-0.4, -0.2) is 11.0 Å². The summed E-state index contributed by atoms with van der Waals surface area (Å²) in [4.78, 5) is -0.974. The predicted octanol–water partition coefficient (Wildman–Crippen LogP) is 0.900. The van der Waals surface area contributed by atoms with Crippen LogP contribution in [-0.2, 0) is 0 Å². The molecule has 2 unspecified atom stereocenters. The van der Waals surface area contributed by atoms with Crippen LogP contribution in [0.2, 0.25) is 0 Å². The molecule has 0 saturated carbocycles. The smallest absolute Gasteiger partial charge is 0.129 e. The van der Waals surface area contributed by atoms with Crippen molar-refractivity contribution in [1.82, 2.24) is 0 Å². The first-order valence-corrected chi connectivity index (χ1v) is 3.58. The molecule has 1 rings (SSSR count). The normalized spacial score (nSPS) is 39.6. The molecule has 0 amide bonds. The third-order valence-corrected chi connectivity index (χ3v) is 1.98. The molecule has 10 heavy (non-hydrogen) atoms. The lowest BCUT2D eigenvalue weighted by atomic mass is 10.0. The molecule has 0 bridgehead atoms. The fourth-order valence-corrected chi connectivity index (χ4v) is 0.998. The van der Waals surface area contributed by atoms with E-state index in [1.54, 1.807) is 18.2 Å². The lowest BCUT2D eigenvalue weighted by Gasteiger charge is -2.25. The summed E-state index contributed by atoms with van der Waals surface area (Å²) in [5.41, 5.74) is 11.1. The number of halogens is 2. The maximum Gasteiger partial charge on any atom is 0.129 e. The maximum atomic E-state index is 5.75. The van der Waals surface area contributed by atoms with Gasteiger partial charge in [-0.05, 0) is 18.2 Å². The van der Waals surface area contributed by atoms with Gasteiger partial charge in [-0.15, -0.1) is 0 Å². The zero-order valence-corrected chi connectivity index (χ0v) is 6.73. The molecule has 0 heterocycles. The van der Waals surface area contributed by atoms with Gasteiger partial charge < -0.3 is 11.5 Å². The van der Waals surface area contributed by atoms with Gasteiger partial charge in [0, 0.05) is 5.03 Å².